The Hall–Kier alpha value is -4.44. The average Bonchev–Trinajstić information content (AvgIpc) is 1.71. The molecule has 720 valence electrons. The first-order valence-electron chi connectivity index (χ1n) is 48.5. The van der Waals surface area contributed by atoms with Gasteiger partial charge in [0, 0.05) is 153 Å². The molecule has 0 spiro atoms. The first-order valence-corrected chi connectivity index (χ1v) is 53.3. The van der Waals surface area contributed by atoms with Crippen molar-refractivity contribution in [3.63, 3.8) is 0 Å². The summed E-state index contributed by atoms with van der Waals surface area (Å²) in [6.07, 6.45) is 35.4. The SMILES string of the molecule is CC(C)C1CCC(=O)C1.CC(C)C1CCC(=O)O1.CC(C)C1CCCC(=O)C1.CC(C)C1CCCC(=O)O1.CC(C)C1CCCCC(=O)C1.CC(C)C1CCCCC(=O)O1.CC(C)N1CCCC1=O.CC(C)N1CCCCC1=O.CC(C)N1CCCCCC1=O.CC(C)N1CCCCCS1(=O)=O.CC(C)N1CCCCS1(=O)=O.CC(C)N1CCCS1(=O)=O. The Labute approximate surface area is 750 Å². The van der Waals surface area contributed by atoms with Gasteiger partial charge >= 0.3 is 17.9 Å². The van der Waals surface area contributed by atoms with E-state index in [1.54, 1.807) is 12.9 Å². The summed E-state index contributed by atoms with van der Waals surface area (Å²) >= 11 is 0. The van der Waals surface area contributed by atoms with Gasteiger partial charge in [0.15, 0.2) is 0 Å². The molecule has 123 heavy (non-hydrogen) atoms. The van der Waals surface area contributed by atoms with Gasteiger partial charge in [-0.2, -0.15) is 12.9 Å². The molecule has 27 heteroatoms. The van der Waals surface area contributed by atoms with Crippen molar-refractivity contribution in [2.24, 2.45) is 53.3 Å². The normalized spacial score (nSPS) is 25.1. The summed E-state index contributed by atoms with van der Waals surface area (Å²) in [5.41, 5.74) is 0. The van der Waals surface area contributed by atoms with Crippen LogP contribution in [0.5, 0.6) is 0 Å². The molecule has 9 aliphatic heterocycles. The molecule has 9 heterocycles. The fourth-order valence-corrected chi connectivity index (χ4v) is 22.2. The number of ketones is 3. The molecule has 12 aliphatic rings. The number of nitrogens with zero attached hydrogens (tertiary/aromatic N) is 6. The Morgan fingerprint density at radius 1 is 0.236 bits per heavy atom. The minimum atomic E-state index is -2.93. The number of cyclic esters (lactones) is 3. The quantitative estimate of drug-likeness (QED) is 0.0995. The zero-order valence-corrected chi connectivity index (χ0v) is 84.4. The predicted octanol–water partition coefficient (Wildman–Crippen LogP) is 19.1. The highest BCUT2D eigenvalue weighted by atomic mass is 32.2. The van der Waals surface area contributed by atoms with E-state index in [9.17, 15) is 68.4 Å². The molecule has 0 bridgehead atoms. The van der Waals surface area contributed by atoms with Gasteiger partial charge in [-0.1, -0.05) is 102 Å². The van der Waals surface area contributed by atoms with Crippen LogP contribution in [0.3, 0.4) is 0 Å². The Morgan fingerprint density at radius 2 is 0.512 bits per heavy atom. The molecule has 12 fully saturated rings. The second-order valence-corrected chi connectivity index (χ2v) is 45.6. The summed E-state index contributed by atoms with van der Waals surface area (Å²) in [5, 5.41) is 0. The van der Waals surface area contributed by atoms with Gasteiger partial charge in [0.05, 0.1) is 17.3 Å². The van der Waals surface area contributed by atoms with Crippen LogP contribution in [0, 0.1) is 53.3 Å². The van der Waals surface area contributed by atoms with E-state index in [-0.39, 0.29) is 54.3 Å². The maximum absolute atomic E-state index is 11.6. The number of amides is 3. The first-order chi connectivity index (χ1) is 57.5. The number of hydrogen-bond acceptors (Lipinski definition) is 18. The maximum Gasteiger partial charge on any atom is 0.306 e. The van der Waals surface area contributed by atoms with Crippen molar-refractivity contribution in [1.82, 2.24) is 27.6 Å². The monoisotopic (exact) mass is 1800 g/mol. The van der Waals surface area contributed by atoms with Crippen LogP contribution in [0.4, 0.5) is 0 Å². The van der Waals surface area contributed by atoms with Gasteiger partial charge < -0.3 is 28.9 Å². The Kier molecular flexibility index (Phi) is 58.7. The van der Waals surface area contributed by atoms with Crippen molar-refractivity contribution in [2.75, 3.05) is 56.5 Å². The molecule has 12 rings (SSSR count). The van der Waals surface area contributed by atoms with Gasteiger partial charge in [-0.3, -0.25) is 43.2 Å². The highest BCUT2D eigenvalue weighted by molar-refractivity contribution is 7.89. The second kappa shape index (κ2) is 62.0. The molecule has 3 saturated carbocycles. The van der Waals surface area contributed by atoms with Gasteiger partial charge in [0.1, 0.15) is 35.7 Å². The number of rotatable bonds is 12. The number of likely N-dealkylation sites (tertiary alicyclic amines) is 3. The standard InChI is InChI=1S/C10H18O.C9H17NO.C9H16O2.C9H16O.C8H17NO2S.C8H15NO.C8H14O2.C8H14O.C7H15NO2S.C7H13NO.C7H12O2.C6H13NO2S/c1-8(2)9-5-3-4-6-10(11)7-9;1-8(2)10-7-5-3-4-6-9(10)11;1-7(2)8-5-3-4-6-9(10)11-8;1-7(2)8-4-3-5-9(10)6-8;1-8(2)9-6-4-3-5-7-12(9,10)11;1-7(2)9-6-4-3-5-8(9)10;1-6(2)7-4-3-5-8(9)10-7;1-6(2)7-3-4-8(9)5-7;1-7(2)8-5-3-4-6-11(8,9)10;1-6(2)8-5-3-4-7(8)9;1-5(2)6-3-4-7(8)9-6;1-6(2)7-4-3-5-10(7,8)9/h8-9H,3-7H2,1-2H3;8H,3-7H2,1-2H3;7-8H,3-6H2,1-2H3;7-8H,3-6H2,1-2H3;8H,3-7H2,1-2H3;7H,3-6H2,1-2H3;6-7H,3-5H2,1-2H3;6-7H,3-5H2,1-2H3;7H,3-6H2,1-2H3;6H,3-5H2,1-2H3;5-6H,3-4H2,1-2H3;6H,3-5H2,1-2H3. The highest BCUT2D eigenvalue weighted by Crippen LogP contribution is 2.31. The van der Waals surface area contributed by atoms with E-state index in [0.717, 1.165) is 193 Å². The summed E-state index contributed by atoms with van der Waals surface area (Å²) in [5.74, 6) is 8.95. The van der Waals surface area contributed by atoms with Crippen LogP contribution in [0.25, 0.3) is 0 Å². The van der Waals surface area contributed by atoms with Gasteiger partial charge in [0.2, 0.25) is 47.8 Å². The lowest BCUT2D eigenvalue weighted by Crippen LogP contribution is -2.42. The number of hydrogen-bond donors (Lipinski definition) is 0. The molecule has 0 N–H and O–H groups in total. The number of esters is 3. The topological polar surface area (TPSA) is 303 Å². The van der Waals surface area contributed by atoms with Crippen LogP contribution in [0.15, 0.2) is 0 Å². The molecule has 0 aromatic carbocycles. The summed E-state index contributed by atoms with van der Waals surface area (Å²) in [6.45, 7) is 54.8. The molecule has 3 amide bonds. The van der Waals surface area contributed by atoms with Crippen molar-refractivity contribution in [1.29, 1.82) is 0 Å². The lowest BCUT2D eigenvalue weighted by atomic mass is 9.81. The number of piperidine rings is 1. The minimum absolute atomic E-state index is 0.0128. The van der Waals surface area contributed by atoms with Gasteiger partial charge in [-0.15, -0.1) is 0 Å². The van der Waals surface area contributed by atoms with Gasteiger partial charge in [-0.25, -0.2) is 25.3 Å². The molecule has 6 atom stereocenters. The molecule has 24 nitrogen and oxygen atoms in total. The first kappa shape index (κ1) is 117. The molecule has 3 aliphatic carbocycles. The zero-order chi connectivity index (χ0) is 93.5. The molecule has 0 aromatic rings. The molecule has 0 radical (unpaired) electrons. The number of sulfonamides is 3. The lowest BCUT2D eigenvalue weighted by Gasteiger charge is -2.30. The lowest BCUT2D eigenvalue weighted by molar-refractivity contribution is -0.156. The van der Waals surface area contributed by atoms with Crippen molar-refractivity contribution < 1.29 is 82.6 Å². The van der Waals surface area contributed by atoms with E-state index >= 15 is 0 Å². The van der Waals surface area contributed by atoms with Gasteiger partial charge in [0.25, 0.3) is 0 Å². The molecule has 9 saturated heterocycles. The fraction of sp³-hybridized carbons (Fsp3) is 0.906. The van der Waals surface area contributed by atoms with Crippen LogP contribution < -0.4 is 0 Å². The highest BCUT2D eigenvalue weighted by Gasteiger charge is 2.33. The van der Waals surface area contributed by atoms with Crippen LogP contribution >= 0.6 is 0 Å². The van der Waals surface area contributed by atoms with E-state index in [0.29, 0.717) is 163 Å². The van der Waals surface area contributed by atoms with Crippen LogP contribution in [-0.4, -0.2) is 217 Å². The Morgan fingerprint density at radius 3 is 0.870 bits per heavy atom. The van der Waals surface area contributed by atoms with Gasteiger partial charge in [-0.05, 0) is 271 Å². The maximum atomic E-state index is 11.6. The largest absolute Gasteiger partial charge is 0.462 e. The van der Waals surface area contributed by atoms with Crippen molar-refractivity contribution in [3.8, 4) is 0 Å². The van der Waals surface area contributed by atoms with Crippen molar-refractivity contribution in [2.45, 2.75) is 452 Å². The summed E-state index contributed by atoms with van der Waals surface area (Å²) in [6, 6.07) is 1.56. The number of ether oxygens (including phenoxy) is 3. The molecular weight excluding hydrogens is 1620 g/mol. The number of carbonyl (C=O) groups is 9. The van der Waals surface area contributed by atoms with E-state index in [4.69, 9.17) is 14.2 Å². The Bertz CT molecular complexity index is 3300. The minimum Gasteiger partial charge on any atom is -0.462 e. The van der Waals surface area contributed by atoms with Crippen molar-refractivity contribution >= 4 is 83.0 Å². The summed E-state index contributed by atoms with van der Waals surface area (Å²) < 4.78 is 88.2. The second-order valence-electron chi connectivity index (χ2n) is 39.5. The average molecular weight is 1800 g/mol. The third-order valence-corrected chi connectivity index (χ3v) is 31.3. The van der Waals surface area contributed by atoms with E-state index in [2.05, 4.69) is 125 Å². The third kappa shape index (κ3) is 49.2. The number of carbonyl (C=O) groups excluding carboxylic acids is 9. The molecule has 6 unspecified atom stereocenters. The fourth-order valence-electron chi connectivity index (χ4n) is 16.8. The number of Topliss-reactive ketones (excluding diaryl/α,β-unsaturated/α-hetero) is 3. The van der Waals surface area contributed by atoms with E-state index < -0.39 is 30.1 Å². The smallest absolute Gasteiger partial charge is 0.306 e. The molecular formula is C96H180N6O18S3. The van der Waals surface area contributed by atoms with E-state index in [1.807, 2.05) is 56.2 Å². The summed E-state index contributed by atoms with van der Waals surface area (Å²) in [7, 11) is -8.67. The Balaban J connectivity index is 0.000000671. The predicted molar refractivity (Wildman–Crippen MR) is 498 cm³/mol. The molecule has 0 aromatic heterocycles. The third-order valence-electron chi connectivity index (χ3n) is 24.9. The van der Waals surface area contributed by atoms with Crippen LogP contribution in [-0.2, 0) is 87.4 Å². The van der Waals surface area contributed by atoms with E-state index in [1.165, 1.54) is 38.5 Å². The summed E-state index contributed by atoms with van der Waals surface area (Å²) in [4.78, 5) is 105. The van der Waals surface area contributed by atoms with Crippen LogP contribution in [0.2, 0.25) is 0 Å². The zero-order valence-electron chi connectivity index (χ0n) is 82.0. The van der Waals surface area contributed by atoms with Crippen molar-refractivity contribution in [3.05, 3.63) is 0 Å². The van der Waals surface area contributed by atoms with Crippen LogP contribution in [0.1, 0.15) is 397 Å².